The lowest BCUT2D eigenvalue weighted by Gasteiger charge is -2.11. The minimum atomic E-state index is -0.362. The Labute approximate surface area is 162 Å². The van der Waals surface area contributed by atoms with Crippen molar-refractivity contribution in [3.05, 3.63) is 83.8 Å². The van der Waals surface area contributed by atoms with Crippen molar-refractivity contribution in [3.63, 3.8) is 0 Å². The molecule has 0 saturated heterocycles. The van der Waals surface area contributed by atoms with E-state index in [1.807, 2.05) is 30.3 Å². The summed E-state index contributed by atoms with van der Waals surface area (Å²) in [6.07, 6.45) is 1.64. The number of aliphatic imine (C=N–C) groups is 1. The van der Waals surface area contributed by atoms with Crippen LogP contribution in [-0.4, -0.2) is 18.1 Å². The second-order valence-corrected chi connectivity index (χ2v) is 5.98. The molecule has 0 atom stereocenters. The van der Waals surface area contributed by atoms with E-state index in [1.165, 1.54) is 12.1 Å². The van der Waals surface area contributed by atoms with Crippen LogP contribution in [0.1, 0.15) is 11.1 Å². The zero-order chi connectivity index (χ0) is 19.8. The predicted molar refractivity (Wildman–Crippen MR) is 107 cm³/mol. The SMILES string of the molecule is COCc1ccccc1NC(N)=NCc1ccc(Oc2cccc(F)c2)nc1. The third-order valence-electron chi connectivity index (χ3n) is 3.83. The lowest BCUT2D eigenvalue weighted by atomic mass is 10.2. The molecule has 144 valence electrons. The van der Waals surface area contributed by atoms with Gasteiger partial charge in [0.2, 0.25) is 5.88 Å². The summed E-state index contributed by atoms with van der Waals surface area (Å²) in [6.45, 7) is 0.839. The summed E-state index contributed by atoms with van der Waals surface area (Å²) in [7, 11) is 1.64. The normalized spacial score (nSPS) is 11.3. The van der Waals surface area contributed by atoms with Crippen molar-refractivity contribution in [1.29, 1.82) is 0 Å². The van der Waals surface area contributed by atoms with Gasteiger partial charge in [-0.1, -0.05) is 30.3 Å². The second kappa shape index (κ2) is 9.48. The van der Waals surface area contributed by atoms with E-state index in [-0.39, 0.29) is 5.82 Å². The number of nitrogens with zero attached hydrogens (tertiary/aromatic N) is 2. The molecule has 0 bridgehead atoms. The van der Waals surface area contributed by atoms with Gasteiger partial charge in [0.05, 0.1) is 13.2 Å². The summed E-state index contributed by atoms with van der Waals surface area (Å²) in [6, 6.07) is 17.1. The Morgan fingerprint density at radius 1 is 1.14 bits per heavy atom. The number of anilines is 1. The fourth-order valence-corrected chi connectivity index (χ4v) is 2.49. The van der Waals surface area contributed by atoms with E-state index in [2.05, 4.69) is 15.3 Å². The van der Waals surface area contributed by atoms with Gasteiger partial charge in [-0.15, -0.1) is 0 Å². The minimum absolute atomic E-state index is 0.295. The van der Waals surface area contributed by atoms with Crippen LogP contribution in [0.15, 0.2) is 71.9 Å². The molecule has 0 unspecified atom stereocenters. The van der Waals surface area contributed by atoms with E-state index in [0.717, 1.165) is 16.8 Å². The number of nitrogens with two attached hydrogens (primary N) is 1. The molecule has 6 nitrogen and oxygen atoms in total. The van der Waals surface area contributed by atoms with E-state index in [4.69, 9.17) is 15.2 Å². The van der Waals surface area contributed by atoms with E-state index >= 15 is 0 Å². The highest BCUT2D eigenvalue weighted by molar-refractivity contribution is 5.92. The van der Waals surface area contributed by atoms with Gasteiger partial charge in [0.1, 0.15) is 11.6 Å². The van der Waals surface area contributed by atoms with Crippen molar-refractivity contribution in [3.8, 4) is 11.6 Å². The average molecular weight is 380 g/mol. The molecule has 0 spiro atoms. The maximum absolute atomic E-state index is 13.2. The molecule has 1 aromatic heterocycles. The van der Waals surface area contributed by atoms with E-state index < -0.39 is 0 Å². The molecule has 3 N–H and O–H groups in total. The lowest BCUT2D eigenvalue weighted by Crippen LogP contribution is -2.23. The van der Waals surface area contributed by atoms with Crippen LogP contribution in [0.2, 0.25) is 0 Å². The average Bonchev–Trinajstić information content (AvgIpc) is 2.69. The molecule has 7 heteroatoms. The summed E-state index contributed by atoms with van der Waals surface area (Å²) in [5.74, 6) is 0.696. The number of pyridine rings is 1. The zero-order valence-electron chi connectivity index (χ0n) is 15.4. The molecule has 0 aliphatic carbocycles. The van der Waals surface area contributed by atoms with Crippen LogP contribution in [0.5, 0.6) is 11.6 Å². The summed E-state index contributed by atoms with van der Waals surface area (Å²) in [5, 5.41) is 3.08. The monoisotopic (exact) mass is 380 g/mol. The molecule has 0 saturated carbocycles. The van der Waals surface area contributed by atoms with E-state index in [0.29, 0.717) is 30.7 Å². The number of rotatable bonds is 7. The predicted octanol–water partition coefficient (Wildman–Crippen LogP) is 4.09. The minimum Gasteiger partial charge on any atom is -0.439 e. The molecule has 3 rings (SSSR count). The first-order valence-corrected chi connectivity index (χ1v) is 8.66. The number of benzene rings is 2. The number of methoxy groups -OCH3 is 1. The maximum atomic E-state index is 13.2. The van der Waals surface area contributed by atoms with Gasteiger partial charge >= 0.3 is 0 Å². The van der Waals surface area contributed by atoms with Crippen LogP contribution in [0, 0.1) is 5.82 Å². The van der Waals surface area contributed by atoms with Gasteiger partial charge in [0.15, 0.2) is 5.96 Å². The van der Waals surface area contributed by atoms with Gasteiger partial charge in [-0.25, -0.2) is 14.4 Å². The summed E-state index contributed by atoms with van der Waals surface area (Å²) >= 11 is 0. The molecule has 2 aromatic carbocycles. The number of aromatic nitrogens is 1. The highest BCUT2D eigenvalue weighted by atomic mass is 19.1. The van der Waals surface area contributed by atoms with E-state index in [1.54, 1.807) is 31.5 Å². The molecule has 0 aliphatic rings. The third-order valence-corrected chi connectivity index (χ3v) is 3.83. The first-order chi connectivity index (χ1) is 13.6. The maximum Gasteiger partial charge on any atom is 0.219 e. The largest absolute Gasteiger partial charge is 0.439 e. The van der Waals surface area contributed by atoms with Crippen LogP contribution in [0.4, 0.5) is 10.1 Å². The van der Waals surface area contributed by atoms with Gasteiger partial charge < -0.3 is 20.5 Å². The van der Waals surface area contributed by atoms with Gasteiger partial charge in [-0.3, -0.25) is 0 Å². The van der Waals surface area contributed by atoms with Crippen LogP contribution in [-0.2, 0) is 17.9 Å². The van der Waals surface area contributed by atoms with Gasteiger partial charge in [-0.2, -0.15) is 0 Å². The fourth-order valence-electron chi connectivity index (χ4n) is 2.49. The van der Waals surface area contributed by atoms with Gasteiger partial charge in [-0.05, 0) is 23.8 Å². The lowest BCUT2D eigenvalue weighted by molar-refractivity contribution is 0.185. The van der Waals surface area contributed by atoms with Crippen molar-refractivity contribution < 1.29 is 13.9 Å². The Hall–Kier alpha value is -3.45. The van der Waals surface area contributed by atoms with Crippen molar-refractivity contribution in [2.75, 3.05) is 12.4 Å². The Morgan fingerprint density at radius 3 is 2.75 bits per heavy atom. The summed E-state index contributed by atoms with van der Waals surface area (Å²) in [4.78, 5) is 8.54. The number of hydrogen-bond acceptors (Lipinski definition) is 4. The molecule has 0 amide bonds. The number of ether oxygens (including phenoxy) is 2. The topological polar surface area (TPSA) is 81.8 Å². The van der Waals surface area contributed by atoms with Crippen molar-refractivity contribution in [1.82, 2.24) is 4.98 Å². The molecule has 0 radical (unpaired) electrons. The molecule has 3 aromatic rings. The fraction of sp³-hybridized carbons (Fsp3) is 0.143. The van der Waals surface area contributed by atoms with Crippen LogP contribution in [0.3, 0.4) is 0 Å². The number of halogens is 1. The molecule has 1 heterocycles. The first-order valence-electron chi connectivity index (χ1n) is 8.66. The Morgan fingerprint density at radius 2 is 2.00 bits per heavy atom. The Balaban J connectivity index is 1.59. The quantitative estimate of drug-likeness (QED) is 0.477. The van der Waals surface area contributed by atoms with Gasteiger partial charge in [0, 0.05) is 36.7 Å². The zero-order valence-corrected chi connectivity index (χ0v) is 15.4. The number of hydrogen-bond donors (Lipinski definition) is 2. The molecular formula is C21H21FN4O2. The number of para-hydroxylation sites is 1. The third kappa shape index (κ3) is 5.52. The van der Waals surface area contributed by atoms with Crippen molar-refractivity contribution >= 4 is 11.6 Å². The second-order valence-electron chi connectivity index (χ2n) is 5.98. The highest BCUT2D eigenvalue weighted by Gasteiger charge is 2.03. The van der Waals surface area contributed by atoms with E-state index in [9.17, 15) is 4.39 Å². The highest BCUT2D eigenvalue weighted by Crippen LogP contribution is 2.20. The van der Waals surface area contributed by atoms with Crippen molar-refractivity contribution in [2.24, 2.45) is 10.7 Å². The smallest absolute Gasteiger partial charge is 0.219 e. The molecule has 0 fully saturated rings. The summed E-state index contributed by atoms with van der Waals surface area (Å²) in [5.41, 5.74) is 8.68. The number of nitrogens with one attached hydrogen (secondary N) is 1. The Bertz CT molecular complexity index is 945. The molecular weight excluding hydrogens is 359 g/mol. The van der Waals surface area contributed by atoms with Crippen molar-refractivity contribution in [2.45, 2.75) is 13.2 Å². The van der Waals surface area contributed by atoms with Gasteiger partial charge in [0.25, 0.3) is 0 Å². The standard InChI is InChI=1S/C21H21FN4O2/c1-27-14-16-5-2-3-8-19(16)26-21(23)25-13-15-9-10-20(24-12-15)28-18-7-4-6-17(22)11-18/h2-12H,13-14H2,1H3,(H3,23,25,26). The molecule has 0 aliphatic heterocycles. The first kappa shape index (κ1) is 19.3. The van der Waals surface area contributed by atoms with Crippen LogP contribution < -0.4 is 15.8 Å². The molecule has 28 heavy (non-hydrogen) atoms. The summed E-state index contributed by atoms with van der Waals surface area (Å²) < 4.78 is 23.9. The number of guanidine groups is 1. The van der Waals surface area contributed by atoms with Crippen LogP contribution in [0.25, 0.3) is 0 Å². The Kier molecular flexibility index (Phi) is 6.54. The van der Waals surface area contributed by atoms with Crippen LogP contribution >= 0.6 is 0 Å².